The first-order valence-corrected chi connectivity index (χ1v) is 6.37. The SMILES string of the molecule is COc1ccsc1C(N)Cc1ccc(C)cn1. The highest BCUT2D eigenvalue weighted by atomic mass is 32.1. The van der Waals surface area contributed by atoms with Crippen LogP contribution < -0.4 is 10.5 Å². The van der Waals surface area contributed by atoms with Gasteiger partial charge in [-0.3, -0.25) is 4.98 Å². The number of thiophene rings is 1. The lowest BCUT2D eigenvalue weighted by molar-refractivity contribution is 0.408. The second-order valence-electron chi connectivity index (χ2n) is 3.99. The summed E-state index contributed by atoms with van der Waals surface area (Å²) in [5.74, 6) is 0.870. The van der Waals surface area contributed by atoms with E-state index in [0.29, 0.717) is 0 Å². The van der Waals surface area contributed by atoms with E-state index in [9.17, 15) is 0 Å². The van der Waals surface area contributed by atoms with E-state index in [1.54, 1.807) is 18.4 Å². The quantitative estimate of drug-likeness (QED) is 0.905. The van der Waals surface area contributed by atoms with E-state index in [1.165, 1.54) is 0 Å². The molecule has 0 bridgehead atoms. The highest BCUT2D eigenvalue weighted by molar-refractivity contribution is 7.10. The van der Waals surface area contributed by atoms with Crippen molar-refractivity contribution in [2.75, 3.05) is 7.11 Å². The van der Waals surface area contributed by atoms with Crippen LogP contribution in [0, 0.1) is 6.92 Å². The molecule has 0 aliphatic carbocycles. The summed E-state index contributed by atoms with van der Waals surface area (Å²) in [4.78, 5) is 5.45. The molecule has 90 valence electrons. The third-order valence-electron chi connectivity index (χ3n) is 2.62. The number of nitrogens with zero attached hydrogens (tertiary/aromatic N) is 1. The first kappa shape index (κ1) is 12.1. The van der Waals surface area contributed by atoms with Gasteiger partial charge in [0.05, 0.1) is 12.0 Å². The number of pyridine rings is 1. The molecule has 1 atom stereocenters. The summed E-state index contributed by atoms with van der Waals surface area (Å²) in [6.07, 6.45) is 2.60. The fourth-order valence-electron chi connectivity index (χ4n) is 1.69. The first-order chi connectivity index (χ1) is 8.20. The molecule has 0 spiro atoms. The summed E-state index contributed by atoms with van der Waals surface area (Å²) >= 11 is 1.63. The van der Waals surface area contributed by atoms with E-state index < -0.39 is 0 Å². The van der Waals surface area contributed by atoms with E-state index in [-0.39, 0.29) is 6.04 Å². The zero-order valence-electron chi connectivity index (χ0n) is 10.0. The van der Waals surface area contributed by atoms with Crippen molar-refractivity contribution in [3.05, 3.63) is 45.9 Å². The monoisotopic (exact) mass is 248 g/mol. The molecule has 2 aromatic heterocycles. The van der Waals surface area contributed by atoms with Gasteiger partial charge in [0.1, 0.15) is 5.75 Å². The van der Waals surface area contributed by atoms with Crippen molar-refractivity contribution in [1.29, 1.82) is 0 Å². The average Bonchev–Trinajstić information content (AvgIpc) is 2.80. The van der Waals surface area contributed by atoms with Crippen molar-refractivity contribution >= 4 is 11.3 Å². The summed E-state index contributed by atoms with van der Waals surface area (Å²) in [5.41, 5.74) is 8.35. The van der Waals surface area contributed by atoms with Gasteiger partial charge >= 0.3 is 0 Å². The number of hydrogen-bond donors (Lipinski definition) is 1. The Hall–Kier alpha value is -1.39. The molecule has 3 nitrogen and oxygen atoms in total. The molecule has 1 unspecified atom stereocenters. The minimum absolute atomic E-state index is 0.0554. The Morgan fingerprint density at radius 3 is 2.88 bits per heavy atom. The van der Waals surface area contributed by atoms with Gasteiger partial charge < -0.3 is 10.5 Å². The molecule has 17 heavy (non-hydrogen) atoms. The van der Waals surface area contributed by atoms with Gasteiger partial charge in [-0.1, -0.05) is 6.07 Å². The topological polar surface area (TPSA) is 48.1 Å². The van der Waals surface area contributed by atoms with Gasteiger partial charge in [0.25, 0.3) is 0 Å². The molecule has 0 saturated heterocycles. The minimum atomic E-state index is -0.0554. The lowest BCUT2D eigenvalue weighted by atomic mass is 10.1. The van der Waals surface area contributed by atoms with Crippen LogP contribution in [0.2, 0.25) is 0 Å². The third kappa shape index (κ3) is 2.84. The molecule has 0 aliphatic heterocycles. The van der Waals surface area contributed by atoms with Crippen LogP contribution in [0.4, 0.5) is 0 Å². The predicted molar refractivity (Wildman–Crippen MR) is 70.5 cm³/mol. The Kier molecular flexibility index (Phi) is 3.76. The Bertz CT molecular complexity index is 478. The zero-order chi connectivity index (χ0) is 12.3. The molecule has 2 aromatic rings. The summed E-state index contributed by atoms with van der Waals surface area (Å²) in [7, 11) is 1.67. The molecule has 0 aromatic carbocycles. The number of ether oxygens (including phenoxy) is 1. The van der Waals surface area contributed by atoms with E-state index >= 15 is 0 Å². The average molecular weight is 248 g/mol. The smallest absolute Gasteiger partial charge is 0.134 e. The number of hydrogen-bond acceptors (Lipinski definition) is 4. The molecule has 2 N–H and O–H groups in total. The summed E-state index contributed by atoms with van der Waals surface area (Å²) < 4.78 is 5.27. The lowest BCUT2D eigenvalue weighted by Gasteiger charge is -2.11. The Balaban J connectivity index is 2.11. The van der Waals surface area contributed by atoms with Gasteiger partial charge in [-0.2, -0.15) is 0 Å². The van der Waals surface area contributed by atoms with Crippen molar-refractivity contribution in [1.82, 2.24) is 4.98 Å². The number of aromatic nitrogens is 1. The van der Waals surface area contributed by atoms with Gasteiger partial charge in [-0.15, -0.1) is 11.3 Å². The molecule has 0 saturated carbocycles. The number of nitrogens with two attached hydrogens (primary N) is 1. The minimum Gasteiger partial charge on any atom is -0.496 e. The third-order valence-corrected chi connectivity index (χ3v) is 3.65. The van der Waals surface area contributed by atoms with Crippen molar-refractivity contribution < 1.29 is 4.74 Å². The zero-order valence-corrected chi connectivity index (χ0v) is 10.8. The maximum absolute atomic E-state index is 6.18. The molecule has 0 aliphatic rings. The van der Waals surface area contributed by atoms with Gasteiger partial charge in [-0.25, -0.2) is 0 Å². The molecule has 0 radical (unpaired) electrons. The molecule has 0 amide bonds. The van der Waals surface area contributed by atoms with Crippen LogP contribution in [0.3, 0.4) is 0 Å². The van der Waals surface area contributed by atoms with E-state index in [4.69, 9.17) is 10.5 Å². The highest BCUT2D eigenvalue weighted by Gasteiger charge is 2.14. The highest BCUT2D eigenvalue weighted by Crippen LogP contribution is 2.30. The van der Waals surface area contributed by atoms with Crippen LogP contribution in [-0.4, -0.2) is 12.1 Å². The second kappa shape index (κ2) is 5.29. The predicted octanol–water partition coefficient (Wildman–Crippen LogP) is 2.70. The van der Waals surface area contributed by atoms with Crippen LogP contribution in [-0.2, 0) is 6.42 Å². The largest absolute Gasteiger partial charge is 0.496 e. The van der Waals surface area contributed by atoms with Crippen molar-refractivity contribution in [3.8, 4) is 5.75 Å². The molecule has 2 rings (SSSR count). The molecule has 2 heterocycles. The maximum atomic E-state index is 6.18. The molecular formula is C13H16N2OS. The van der Waals surface area contributed by atoms with E-state index in [0.717, 1.165) is 28.3 Å². The molecular weight excluding hydrogens is 232 g/mol. The fourth-order valence-corrected chi connectivity index (χ4v) is 2.55. The van der Waals surface area contributed by atoms with Gasteiger partial charge in [0.15, 0.2) is 0 Å². The van der Waals surface area contributed by atoms with E-state index in [1.807, 2.05) is 30.6 Å². The fraction of sp³-hybridized carbons (Fsp3) is 0.308. The lowest BCUT2D eigenvalue weighted by Crippen LogP contribution is -2.13. The maximum Gasteiger partial charge on any atom is 0.134 e. The van der Waals surface area contributed by atoms with Crippen LogP contribution in [0.25, 0.3) is 0 Å². The summed E-state index contributed by atoms with van der Waals surface area (Å²) in [6, 6.07) is 5.97. The van der Waals surface area contributed by atoms with Crippen LogP contribution in [0.1, 0.15) is 22.2 Å². The molecule has 4 heteroatoms. The Morgan fingerprint density at radius 1 is 1.41 bits per heavy atom. The van der Waals surface area contributed by atoms with Gasteiger partial charge in [0.2, 0.25) is 0 Å². The van der Waals surface area contributed by atoms with Gasteiger partial charge in [0, 0.05) is 24.4 Å². The van der Waals surface area contributed by atoms with E-state index in [2.05, 4.69) is 11.1 Å². The Morgan fingerprint density at radius 2 is 2.24 bits per heavy atom. The van der Waals surface area contributed by atoms with Gasteiger partial charge in [-0.05, 0) is 30.0 Å². The van der Waals surface area contributed by atoms with Crippen molar-refractivity contribution in [3.63, 3.8) is 0 Å². The first-order valence-electron chi connectivity index (χ1n) is 5.49. The summed E-state index contributed by atoms with van der Waals surface area (Å²) in [6.45, 7) is 2.03. The number of methoxy groups -OCH3 is 1. The molecule has 0 fully saturated rings. The van der Waals surface area contributed by atoms with Crippen molar-refractivity contribution in [2.45, 2.75) is 19.4 Å². The summed E-state index contributed by atoms with van der Waals surface area (Å²) in [5, 5.41) is 2.00. The number of rotatable bonds is 4. The number of aryl methyl sites for hydroxylation is 1. The Labute approximate surface area is 105 Å². The van der Waals surface area contributed by atoms with Crippen LogP contribution >= 0.6 is 11.3 Å². The second-order valence-corrected chi connectivity index (χ2v) is 4.94. The van der Waals surface area contributed by atoms with Crippen molar-refractivity contribution in [2.24, 2.45) is 5.73 Å². The van der Waals surface area contributed by atoms with Crippen LogP contribution in [0.5, 0.6) is 5.75 Å². The van der Waals surface area contributed by atoms with Crippen LogP contribution in [0.15, 0.2) is 29.8 Å². The standard InChI is InChI=1S/C13H16N2OS/c1-9-3-4-10(15-8-9)7-11(14)13-12(16-2)5-6-17-13/h3-6,8,11H,7,14H2,1-2H3. The normalized spacial score (nSPS) is 12.4.